The second-order valence-electron chi connectivity index (χ2n) is 6.26. The second kappa shape index (κ2) is 5.72. The van der Waals surface area contributed by atoms with E-state index in [4.69, 9.17) is 11.2 Å². The normalized spacial score (nSPS) is 17.5. The summed E-state index contributed by atoms with van der Waals surface area (Å²) >= 11 is 0. The molecule has 0 radical (unpaired) electrons. The Labute approximate surface area is 130 Å². The maximum atomic E-state index is 12.4. The molecule has 5 nitrogen and oxygen atoms in total. The molecule has 1 aliphatic heterocycles. The van der Waals surface area contributed by atoms with Crippen LogP contribution in [0.2, 0.25) is 0 Å². The molecule has 5 heteroatoms. The maximum Gasteiger partial charge on any atom is 0.408 e. The average Bonchev–Trinajstić information content (AvgIpc) is 2.41. The molecule has 1 aromatic carbocycles. The molecule has 1 atom stereocenters. The SMILES string of the molecule is C#Cc1cccc2c1N(C)C(=O)[C@H](NC(=O)OC(C)(C)C)C2. The lowest BCUT2D eigenvalue weighted by atomic mass is 9.94. The minimum absolute atomic E-state index is 0.207. The third-order valence-electron chi connectivity index (χ3n) is 3.35. The van der Waals surface area contributed by atoms with Gasteiger partial charge in [0.2, 0.25) is 5.91 Å². The standard InChI is InChI=1S/C17H20N2O3/c1-6-11-8-7-9-12-10-13(15(20)19(5)14(11)12)18-16(21)22-17(2,3)4/h1,7-9,13H,10H2,2-5H3,(H,18,21)/t13-/m1/s1. The zero-order valence-electron chi connectivity index (χ0n) is 13.3. The molecule has 1 aliphatic rings. The van der Waals surface area contributed by atoms with Gasteiger partial charge in [-0.05, 0) is 32.4 Å². The highest BCUT2D eigenvalue weighted by atomic mass is 16.6. The van der Waals surface area contributed by atoms with E-state index in [1.54, 1.807) is 33.9 Å². The fraction of sp³-hybridized carbons (Fsp3) is 0.412. The molecule has 22 heavy (non-hydrogen) atoms. The highest BCUT2D eigenvalue weighted by molar-refractivity contribution is 6.02. The van der Waals surface area contributed by atoms with E-state index in [1.165, 1.54) is 4.90 Å². The first kappa shape index (κ1) is 15.9. The van der Waals surface area contributed by atoms with Crippen molar-refractivity contribution in [3.8, 4) is 12.3 Å². The molecular weight excluding hydrogens is 280 g/mol. The molecule has 0 saturated heterocycles. The van der Waals surface area contributed by atoms with Gasteiger partial charge in [0, 0.05) is 19.0 Å². The Kier molecular flexibility index (Phi) is 4.14. The van der Waals surface area contributed by atoms with Gasteiger partial charge >= 0.3 is 6.09 Å². The van der Waals surface area contributed by atoms with Crippen molar-refractivity contribution in [2.45, 2.75) is 38.8 Å². The van der Waals surface area contributed by atoms with Crippen molar-refractivity contribution in [3.05, 3.63) is 29.3 Å². The molecule has 0 fully saturated rings. The van der Waals surface area contributed by atoms with Crippen molar-refractivity contribution in [1.29, 1.82) is 0 Å². The zero-order chi connectivity index (χ0) is 16.5. The largest absolute Gasteiger partial charge is 0.444 e. The lowest BCUT2D eigenvalue weighted by molar-refractivity contribution is -0.120. The van der Waals surface area contributed by atoms with Crippen LogP contribution in [-0.2, 0) is 16.0 Å². The van der Waals surface area contributed by atoms with Gasteiger partial charge in [0.25, 0.3) is 0 Å². The van der Waals surface area contributed by atoms with E-state index >= 15 is 0 Å². The summed E-state index contributed by atoms with van der Waals surface area (Å²) in [5, 5.41) is 2.63. The minimum Gasteiger partial charge on any atom is -0.444 e. The summed E-state index contributed by atoms with van der Waals surface area (Å²) in [4.78, 5) is 25.8. The summed E-state index contributed by atoms with van der Waals surface area (Å²) < 4.78 is 5.20. The monoisotopic (exact) mass is 300 g/mol. The third-order valence-corrected chi connectivity index (χ3v) is 3.35. The fourth-order valence-electron chi connectivity index (χ4n) is 2.48. The quantitative estimate of drug-likeness (QED) is 0.808. The van der Waals surface area contributed by atoms with E-state index in [-0.39, 0.29) is 5.91 Å². The maximum absolute atomic E-state index is 12.4. The number of ether oxygens (including phenoxy) is 1. The number of terminal acetylenes is 1. The van der Waals surface area contributed by atoms with Crippen molar-refractivity contribution in [2.24, 2.45) is 0 Å². The van der Waals surface area contributed by atoms with Crippen LogP contribution in [-0.4, -0.2) is 30.7 Å². The van der Waals surface area contributed by atoms with E-state index in [2.05, 4.69) is 11.2 Å². The van der Waals surface area contributed by atoms with Crippen LogP contribution in [0.4, 0.5) is 10.5 Å². The lowest BCUT2D eigenvalue weighted by Crippen LogP contribution is -2.52. The molecule has 0 unspecified atom stereocenters. The smallest absolute Gasteiger partial charge is 0.408 e. The number of nitrogens with zero attached hydrogens (tertiary/aromatic N) is 1. The first-order chi connectivity index (χ1) is 10.2. The zero-order valence-corrected chi connectivity index (χ0v) is 13.3. The number of likely N-dealkylation sites (N-methyl/N-ethyl adjacent to an activating group) is 1. The number of para-hydroxylation sites is 1. The molecule has 1 aromatic rings. The predicted molar refractivity (Wildman–Crippen MR) is 84.6 cm³/mol. The summed E-state index contributed by atoms with van der Waals surface area (Å²) in [5.74, 6) is 2.38. The van der Waals surface area contributed by atoms with Gasteiger partial charge in [-0.2, -0.15) is 0 Å². The van der Waals surface area contributed by atoms with E-state index in [0.717, 1.165) is 11.3 Å². The van der Waals surface area contributed by atoms with Gasteiger partial charge in [-0.1, -0.05) is 18.1 Å². The van der Waals surface area contributed by atoms with Gasteiger partial charge < -0.3 is 15.0 Å². The Balaban J connectivity index is 2.22. The molecule has 0 spiro atoms. The molecular formula is C17H20N2O3. The van der Waals surface area contributed by atoms with Gasteiger partial charge in [0.15, 0.2) is 0 Å². The number of rotatable bonds is 1. The number of hydrogen-bond acceptors (Lipinski definition) is 3. The molecule has 2 rings (SSSR count). The van der Waals surface area contributed by atoms with Crippen LogP contribution >= 0.6 is 0 Å². The Morgan fingerprint density at radius 3 is 2.73 bits per heavy atom. The van der Waals surface area contributed by atoms with Crippen LogP contribution in [0.25, 0.3) is 0 Å². The molecule has 0 aromatic heterocycles. The third kappa shape index (κ3) is 3.22. The molecule has 116 valence electrons. The van der Waals surface area contributed by atoms with Gasteiger partial charge in [0.1, 0.15) is 11.6 Å². The molecule has 0 bridgehead atoms. The number of anilines is 1. The second-order valence-corrected chi connectivity index (χ2v) is 6.26. The number of carbonyl (C=O) groups is 2. The Hall–Kier alpha value is -2.48. The summed E-state index contributed by atoms with van der Waals surface area (Å²) in [7, 11) is 1.66. The number of fused-ring (bicyclic) bond motifs is 1. The van der Waals surface area contributed by atoms with E-state index in [0.29, 0.717) is 12.0 Å². The number of alkyl carbamates (subject to hydrolysis) is 1. The van der Waals surface area contributed by atoms with Crippen molar-refractivity contribution in [1.82, 2.24) is 5.32 Å². The number of benzene rings is 1. The summed E-state index contributed by atoms with van der Waals surface area (Å²) in [6.07, 6.45) is 5.28. The number of hydrogen-bond donors (Lipinski definition) is 1. The Morgan fingerprint density at radius 1 is 1.45 bits per heavy atom. The molecule has 0 saturated carbocycles. The molecule has 2 amide bonds. The van der Waals surface area contributed by atoms with Gasteiger partial charge in [-0.15, -0.1) is 6.42 Å². The number of carbonyl (C=O) groups excluding carboxylic acids is 2. The van der Waals surface area contributed by atoms with Crippen molar-refractivity contribution >= 4 is 17.7 Å². The van der Waals surface area contributed by atoms with E-state index in [9.17, 15) is 9.59 Å². The summed E-state index contributed by atoms with van der Waals surface area (Å²) in [5.41, 5.74) is 1.72. The predicted octanol–water partition coefficient (Wildman–Crippen LogP) is 2.08. The van der Waals surface area contributed by atoms with E-state index in [1.807, 2.05) is 12.1 Å². The Morgan fingerprint density at radius 2 is 2.14 bits per heavy atom. The molecule has 1 heterocycles. The lowest BCUT2D eigenvalue weighted by Gasteiger charge is -2.33. The number of amides is 2. The van der Waals surface area contributed by atoms with Crippen LogP contribution in [0, 0.1) is 12.3 Å². The van der Waals surface area contributed by atoms with Gasteiger partial charge in [-0.3, -0.25) is 4.79 Å². The summed E-state index contributed by atoms with van der Waals surface area (Å²) in [6, 6.07) is 4.90. The van der Waals surface area contributed by atoms with Crippen molar-refractivity contribution in [3.63, 3.8) is 0 Å². The van der Waals surface area contributed by atoms with Gasteiger partial charge in [0.05, 0.1) is 5.69 Å². The summed E-state index contributed by atoms with van der Waals surface area (Å²) in [6.45, 7) is 5.32. The first-order valence-electron chi connectivity index (χ1n) is 7.08. The minimum atomic E-state index is -0.652. The topological polar surface area (TPSA) is 58.6 Å². The van der Waals surface area contributed by atoms with Crippen LogP contribution in [0.3, 0.4) is 0 Å². The van der Waals surface area contributed by atoms with Gasteiger partial charge in [-0.25, -0.2) is 4.79 Å². The average molecular weight is 300 g/mol. The van der Waals surface area contributed by atoms with Crippen molar-refractivity contribution < 1.29 is 14.3 Å². The van der Waals surface area contributed by atoms with Crippen LogP contribution < -0.4 is 10.2 Å². The Bertz CT molecular complexity index is 653. The van der Waals surface area contributed by atoms with Crippen LogP contribution in [0.15, 0.2) is 18.2 Å². The molecule has 0 aliphatic carbocycles. The van der Waals surface area contributed by atoms with Crippen LogP contribution in [0.5, 0.6) is 0 Å². The van der Waals surface area contributed by atoms with Crippen molar-refractivity contribution in [2.75, 3.05) is 11.9 Å². The fourth-order valence-corrected chi connectivity index (χ4v) is 2.48. The highest BCUT2D eigenvalue weighted by Gasteiger charge is 2.33. The van der Waals surface area contributed by atoms with E-state index < -0.39 is 17.7 Å². The highest BCUT2D eigenvalue weighted by Crippen LogP contribution is 2.30. The molecule has 1 N–H and O–H groups in total. The number of nitrogens with one attached hydrogen (secondary N) is 1. The first-order valence-corrected chi connectivity index (χ1v) is 7.08. The van der Waals surface area contributed by atoms with Crippen LogP contribution in [0.1, 0.15) is 31.9 Å².